The van der Waals surface area contributed by atoms with Crippen LogP contribution in [0, 0.1) is 11.3 Å². The van der Waals surface area contributed by atoms with Crippen molar-refractivity contribution in [2.75, 3.05) is 6.61 Å². The zero-order valence-corrected chi connectivity index (χ0v) is 24.6. The molecular formula is C35H48FNO3. The fourth-order valence-corrected chi connectivity index (χ4v) is 5.54. The SMILES string of the molecule is CCCCCCCCCCOc1ccc(-c2ccc(C3CCC(OC(=O)[C@@H](F)CCCC)CC3)cc2)cc1C#N. The number of esters is 1. The minimum Gasteiger partial charge on any atom is -0.492 e. The van der Waals surface area contributed by atoms with E-state index in [2.05, 4.69) is 37.3 Å². The summed E-state index contributed by atoms with van der Waals surface area (Å²) in [7, 11) is 0. The van der Waals surface area contributed by atoms with Crippen LogP contribution in [0.3, 0.4) is 0 Å². The van der Waals surface area contributed by atoms with E-state index in [1.54, 1.807) is 0 Å². The number of hydrogen-bond acceptors (Lipinski definition) is 4. The van der Waals surface area contributed by atoms with Gasteiger partial charge in [0.15, 0.2) is 6.17 Å². The highest BCUT2D eigenvalue weighted by atomic mass is 19.1. The minimum atomic E-state index is -1.50. The lowest BCUT2D eigenvalue weighted by molar-refractivity contribution is -0.157. The molecule has 0 radical (unpaired) electrons. The zero-order chi connectivity index (χ0) is 28.6. The molecule has 1 atom stereocenters. The molecule has 1 saturated carbocycles. The summed E-state index contributed by atoms with van der Waals surface area (Å²) in [6, 6.07) is 16.7. The summed E-state index contributed by atoms with van der Waals surface area (Å²) in [5, 5.41) is 9.71. The summed E-state index contributed by atoms with van der Waals surface area (Å²) in [5.74, 6) is 0.377. The third kappa shape index (κ3) is 10.3. The smallest absolute Gasteiger partial charge is 0.340 e. The first-order valence-corrected chi connectivity index (χ1v) is 15.7. The molecule has 0 N–H and O–H groups in total. The topological polar surface area (TPSA) is 59.3 Å². The van der Waals surface area contributed by atoms with E-state index in [1.807, 2.05) is 25.1 Å². The fraction of sp³-hybridized carbons (Fsp3) is 0.600. The molecule has 0 heterocycles. The van der Waals surface area contributed by atoms with Crippen LogP contribution in [0.2, 0.25) is 0 Å². The van der Waals surface area contributed by atoms with Crippen LogP contribution in [0.5, 0.6) is 5.75 Å². The second-order valence-corrected chi connectivity index (χ2v) is 11.3. The van der Waals surface area contributed by atoms with Crippen molar-refractivity contribution in [2.24, 2.45) is 0 Å². The number of rotatable bonds is 17. The molecule has 1 aliphatic carbocycles. The number of nitriles is 1. The number of alkyl halides is 1. The van der Waals surface area contributed by atoms with Crippen molar-refractivity contribution in [3.05, 3.63) is 53.6 Å². The molecule has 0 unspecified atom stereocenters. The number of carbonyl (C=O) groups is 1. The van der Waals surface area contributed by atoms with Crippen LogP contribution < -0.4 is 4.74 Å². The first kappa shape index (κ1) is 31.7. The molecule has 218 valence electrons. The molecule has 1 fully saturated rings. The highest BCUT2D eigenvalue weighted by Gasteiger charge is 2.27. The number of hydrogen-bond donors (Lipinski definition) is 0. The summed E-state index contributed by atoms with van der Waals surface area (Å²) in [5.41, 5.74) is 3.91. The van der Waals surface area contributed by atoms with Gasteiger partial charge in [-0.2, -0.15) is 5.26 Å². The van der Waals surface area contributed by atoms with Crippen molar-refractivity contribution >= 4 is 5.97 Å². The Kier molecular flexibility index (Phi) is 14.0. The second-order valence-electron chi connectivity index (χ2n) is 11.3. The van der Waals surface area contributed by atoms with Crippen LogP contribution in [0.1, 0.15) is 127 Å². The van der Waals surface area contributed by atoms with Gasteiger partial charge in [0.25, 0.3) is 0 Å². The Bertz CT molecular complexity index is 1050. The Labute approximate surface area is 241 Å². The molecule has 1 aliphatic rings. The minimum absolute atomic E-state index is 0.177. The Hall–Kier alpha value is -2.87. The van der Waals surface area contributed by atoms with E-state index >= 15 is 0 Å². The molecule has 3 rings (SSSR count). The average molecular weight is 550 g/mol. The molecule has 5 heteroatoms. The van der Waals surface area contributed by atoms with Gasteiger partial charge < -0.3 is 9.47 Å². The molecular weight excluding hydrogens is 501 g/mol. The van der Waals surface area contributed by atoms with E-state index in [-0.39, 0.29) is 12.5 Å². The highest BCUT2D eigenvalue weighted by molar-refractivity contribution is 5.74. The zero-order valence-electron chi connectivity index (χ0n) is 24.6. The molecule has 0 saturated heterocycles. The van der Waals surface area contributed by atoms with E-state index < -0.39 is 12.1 Å². The first-order valence-electron chi connectivity index (χ1n) is 15.7. The summed E-state index contributed by atoms with van der Waals surface area (Å²) in [4.78, 5) is 12.0. The molecule has 0 aromatic heterocycles. The summed E-state index contributed by atoms with van der Waals surface area (Å²) >= 11 is 0. The lowest BCUT2D eigenvalue weighted by Gasteiger charge is -2.29. The summed E-state index contributed by atoms with van der Waals surface area (Å²) in [6.07, 6.45) is 13.6. The van der Waals surface area contributed by atoms with Gasteiger partial charge in [-0.15, -0.1) is 0 Å². The van der Waals surface area contributed by atoms with E-state index in [9.17, 15) is 14.4 Å². The van der Waals surface area contributed by atoms with Crippen molar-refractivity contribution in [1.82, 2.24) is 0 Å². The Balaban J connectivity index is 1.45. The first-order chi connectivity index (χ1) is 19.5. The molecule has 0 bridgehead atoms. The van der Waals surface area contributed by atoms with Gasteiger partial charge in [0.2, 0.25) is 0 Å². The highest BCUT2D eigenvalue weighted by Crippen LogP contribution is 2.35. The fourth-order valence-electron chi connectivity index (χ4n) is 5.54. The van der Waals surface area contributed by atoms with E-state index in [4.69, 9.17) is 9.47 Å². The number of halogens is 1. The van der Waals surface area contributed by atoms with Crippen LogP contribution in [-0.4, -0.2) is 24.9 Å². The van der Waals surface area contributed by atoms with Crippen molar-refractivity contribution in [3.63, 3.8) is 0 Å². The maximum Gasteiger partial charge on any atom is 0.340 e. The van der Waals surface area contributed by atoms with Gasteiger partial charge in [0.05, 0.1) is 12.2 Å². The lowest BCUT2D eigenvalue weighted by Crippen LogP contribution is -2.28. The van der Waals surface area contributed by atoms with E-state index in [0.29, 0.717) is 30.3 Å². The number of unbranched alkanes of at least 4 members (excludes halogenated alkanes) is 8. The molecule has 0 aliphatic heterocycles. The van der Waals surface area contributed by atoms with Crippen LogP contribution in [0.15, 0.2) is 42.5 Å². The monoisotopic (exact) mass is 549 g/mol. The van der Waals surface area contributed by atoms with Gasteiger partial charge in [-0.25, -0.2) is 9.18 Å². The predicted molar refractivity (Wildman–Crippen MR) is 160 cm³/mol. The van der Waals surface area contributed by atoms with Crippen LogP contribution in [0.4, 0.5) is 4.39 Å². The summed E-state index contributed by atoms with van der Waals surface area (Å²) in [6.45, 7) is 4.87. The van der Waals surface area contributed by atoms with E-state index in [0.717, 1.165) is 49.7 Å². The van der Waals surface area contributed by atoms with Crippen LogP contribution in [-0.2, 0) is 9.53 Å². The molecule has 0 spiro atoms. The van der Waals surface area contributed by atoms with E-state index in [1.165, 1.54) is 50.5 Å². The van der Waals surface area contributed by atoms with Gasteiger partial charge in [-0.3, -0.25) is 0 Å². The molecule has 40 heavy (non-hydrogen) atoms. The van der Waals surface area contributed by atoms with Crippen molar-refractivity contribution < 1.29 is 18.7 Å². The van der Waals surface area contributed by atoms with Crippen LogP contribution >= 0.6 is 0 Å². The molecule has 4 nitrogen and oxygen atoms in total. The van der Waals surface area contributed by atoms with Gasteiger partial charge >= 0.3 is 5.97 Å². The maximum absolute atomic E-state index is 14.0. The largest absolute Gasteiger partial charge is 0.492 e. The predicted octanol–water partition coefficient (Wildman–Crippen LogP) is 9.84. The normalized spacial score (nSPS) is 17.6. The van der Waals surface area contributed by atoms with Crippen LogP contribution in [0.25, 0.3) is 11.1 Å². The van der Waals surface area contributed by atoms with Crippen molar-refractivity contribution in [2.45, 2.75) is 128 Å². The molecule has 2 aromatic rings. The Morgan fingerprint density at radius 2 is 1.50 bits per heavy atom. The Morgan fingerprint density at radius 3 is 2.15 bits per heavy atom. The quantitative estimate of drug-likeness (QED) is 0.145. The average Bonchev–Trinajstić information content (AvgIpc) is 2.99. The Morgan fingerprint density at radius 1 is 0.875 bits per heavy atom. The third-order valence-corrected chi connectivity index (χ3v) is 8.09. The molecule has 2 aromatic carbocycles. The van der Waals surface area contributed by atoms with Gasteiger partial charge in [-0.05, 0) is 73.3 Å². The lowest BCUT2D eigenvalue weighted by atomic mass is 9.82. The second kappa shape index (κ2) is 17.7. The number of ether oxygens (including phenoxy) is 2. The third-order valence-electron chi connectivity index (χ3n) is 8.09. The number of nitrogens with zero attached hydrogens (tertiary/aromatic N) is 1. The maximum atomic E-state index is 14.0. The van der Waals surface area contributed by atoms with Gasteiger partial charge in [0.1, 0.15) is 17.9 Å². The number of benzene rings is 2. The number of carbonyl (C=O) groups excluding carboxylic acids is 1. The molecule has 0 amide bonds. The van der Waals surface area contributed by atoms with Crippen molar-refractivity contribution in [1.29, 1.82) is 5.26 Å². The van der Waals surface area contributed by atoms with Gasteiger partial charge in [0, 0.05) is 0 Å². The standard InChI is InChI=1S/C35H48FNO3/c1-3-5-7-8-9-10-11-12-24-39-34-23-20-30(25-31(34)26-37)29-16-14-27(15-17-29)28-18-21-32(22-19-28)40-35(38)33(36)13-6-4-2/h14-17,20,23,25,28,32-33H,3-13,18-19,21-22,24H2,1-2H3/t28?,32?,33-/m0/s1. The van der Waals surface area contributed by atoms with Crippen molar-refractivity contribution in [3.8, 4) is 22.9 Å². The summed E-state index contributed by atoms with van der Waals surface area (Å²) < 4.78 is 25.4. The van der Waals surface area contributed by atoms with Gasteiger partial charge in [-0.1, -0.05) is 102 Å².